The molecule has 0 aliphatic rings. The lowest BCUT2D eigenvalue weighted by Gasteiger charge is -2.04. The number of hydrogen-bond donors (Lipinski definition) is 0. The van der Waals surface area contributed by atoms with Gasteiger partial charge in [-0.2, -0.15) is 9.78 Å². The Hall–Kier alpha value is -2.47. The maximum atomic E-state index is 12.7. The first-order valence-corrected chi connectivity index (χ1v) is 7.66. The highest BCUT2D eigenvalue weighted by molar-refractivity contribution is 7.19. The van der Waals surface area contributed by atoms with Gasteiger partial charge in [-0.05, 0) is 12.5 Å². The predicted octanol–water partition coefficient (Wildman–Crippen LogP) is 2.79. The molecule has 0 unspecified atom stereocenters. The maximum absolute atomic E-state index is 12.7. The summed E-state index contributed by atoms with van der Waals surface area (Å²) in [6.07, 6.45) is 3.05. The van der Waals surface area contributed by atoms with Gasteiger partial charge in [0.2, 0.25) is 0 Å². The Bertz CT molecular complexity index is 894. The van der Waals surface area contributed by atoms with Gasteiger partial charge >= 0.3 is 0 Å². The van der Waals surface area contributed by atoms with Crippen LogP contribution in [0.2, 0.25) is 0 Å². The summed E-state index contributed by atoms with van der Waals surface area (Å²) in [5, 5.41) is 4.78. The molecular formula is C16H16N4OS. The van der Waals surface area contributed by atoms with Crippen LogP contribution in [0.3, 0.4) is 0 Å². The fourth-order valence-corrected chi connectivity index (χ4v) is 3.29. The van der Waals surface area contributed by atoms with Crippen LogP contribution in [0.5, 0.6) is 0 Å². The number of aryl methyl sites for hydroxylation is 1. The quantitative estimate of drug-likeness (QED) is 0.552. The molecule has 5 nitrogen and oxygen atoms in total. The van der Waals surface area contributed by atoms with Crippen LogP contribution in [0, 0.1) is 6.92 Å². The summed E-state index contributed by atoms with van der Waals surface area (Å²) < 4.78 is 1.28. The van der Waals surface area contributed by atoms with Crippen LogP contribution in [0.15, 0.2) is 46.6 Å². The van der Waals surface area contributed by atoms with Gasteiger partial charge in [0, 0.05) is 24.5 Å². The van der Waals surface area contributed by atoms with Crippen LogP contribution in [0.4, 0.5) is 0 Å². The lowest BCUT2D eigenvalue weighted by molar-refractivity contribution is 0.629. The van der Waals surface area contributed by atoms with Gasteiger partial charge in [-0.1, -0.05) is 30.3 Å². The van der Waals surface area contributed by atoms with Gasteiger partial charge in [0.1, 0.15) is 17.5 Å². The summed E-state index contributed by atoms with van der Waals surface area (Å²) in [6.45, 7) is 2.02. The van der Waals surface area contributed by atoms with E-state index in [1.807, 2.05) is 51.4 Å². The molecule has 0 aliphatic heterocycles. The van der Waals surface area contributed by atoms with E-state index in [2.05, 4.69) is 10.1 Å². The van der Waals surface area contributed by atoms with Crippen molar-refractivity contribution in [2.24, 2.45) is 5.10 Å². The molecule has 0 bridgehead atoms. The molecular weight excluding hydrogens is 296 g/mol. The Kier molecular flexibility index (Phi) is 3.77. The zero-order valence-electron chi connectivity index (χ0n) is 12.6. The molecule has 6 heteroatoms. The molecule has 112 valence electrons. The summed E-state index contributed by atoms with van der Waals surface area (Å²) in [7, 11) is 3.70. The zero-order chi connectivity index (χ0) is 15.7. The molecule has 3 rings (SSSR count). The number of hydrogen-bond acceptors (Lipinski definition) is 4. The van der Waals surface area contributed by atoms with Crippen molar-refractivity contribution in [1.82, 2.24) is 14.6 Å². The van der Waals surface area contributed by atoms with Crippen LogP contribution in [-0.4, -0.2) is 35.0 Å². The van der Waals surface area contributed by atoms with Gasteiger partial charge in [0.15, 0.2) is 0 Å². The Morgan fingerprint density at radius 1 is 1.27 bits per heavy atom. The van der Waals surface area contributed by atoms with Crippen molar-refractivity contribution < 1.29 is 0 Å². The molecule has 0 saturated carbocycles. The Morgan fingerprint density at radius 3 is 2.68 bits per heavy atom. The van der Waals surface area contributed by atoms with Crippen molar-refractivity contribution in [1.29, 1.82) is 0 Å². The summed E-state index contributed by atoms with van der Waals surface area (Å²) in [5.41, 5.74) is 1.83. The molecule has 3 aromatic rings. The van der Waals surface area contributed by atoms with Gasteiger partial charge in [-0.25, -0.2) is 4.98 Å². The van der Waals surface area contributed by atoms with Gasteiger partial charge < -0.3 is 4.90 Å². The fourth-order valence-electron chi connectivity index (χ4n) is 2.29. The highest BCUT2D eigenvalue weighted by Crippen LogP contribution is 2.35. The molecule has 0 atom stereocenters. The predicted molar refractivity (Wildman–Crippen MR) is 91.6 cm³/mol. The first kappa shape index (κ1) is 14.5. The second-order valence-electron chi connectivity index (χ2n) is 5.17. The summed E-state index contributed by atoms with van der Waals surface area (Å²) in [4.78, 5) is 20.7. The van der Waals surface area contributed by atoms with E-state index in [-0.39, 0.29) is 5.56 Å². The second kappa shape index (κ2) is 5.73. The molecule has 0 fully saturated rings. The van der Waals surface area contributed by atoms with E-state index < -0.39 is 0 Å². The highest BCUT2D eigenvalue weighted by atomic mass is 32.1. The molecule has 2 heterocycles. The van der Waals surface area contributed by atoms with E-state index in [0.717, 1.165) is 20.8 Å². The summed E-state index contributed by atoms with van der Waals surface area (Å²) >= 11 is 1.53. The molecule has 1 aromatic carbocycles. The van der Waals surface area contributed by atoms with Crippen molar-refractivity contribution in [3.63, 3.8) is 0 Å². The minimum Gasteiger partial charge on any atom is -0.367 e. The van der Waals surface area contributed by atoms with E-state index in [4.69, 9.17) is 0 Å². The van der Waals surface area contributed by atoms with Crippen LogP contribution in [-0.2, 0) is 0 Å². The van der Waals surface area contributed by atoms with E-state index in [0.29, 0.717) is 5.39 Å². The number of thiophene rings is 1. The molecule has 0 aliphatic carbocycles. The van der Waals surface area contributed by atoms with E-state index in [9.17, 15) is 4.79 Å². The van der Waals surface area contributed by atoms with E-state index in [1.165, 1.54) is 22.3 Å². The normalized spacial score (nSPS) is 11.4. The topological polar surface area (TPSA) is 50.5 Å². The van der Waals surface area contributed by atoms with Gasteiger partial charge in [-0.3, -0.25) is 4.79 Å². The number of aromatic nitrogens is 2. The lowest BCUT2D eigenvalue weighted by atomic mass is 10.0. The van der Waals surface area contributed by atoms with E-state index >= 15 is 0 Å². The Balaban J connectivity index is 2.28. The number of benzene rings is 1. The third-order valence-corrected chi connectivity index (χ3v) is 4.25. The van der Waals surface area contributed by atoms with Crippen molar-refractivity contribution in [3.8, 4) is 11.1 Å². The number of rotatable bonds is 3. The standard InChI is InChI=1S/C16H16N4OS/c1-11-13(12-7-5-4-6-8-12)14-15(22-11)17-9-20(16(14)21)18-10-19(2)3/h4-10H,1-3H3/b18-10+. The average Bonchev–Trinajstić information content (AvgIpc) is 2.84. The van der Waals surface area contributed by atoms with Gasteiger partial charge in [0.05, 0.1) is 5.39 Å². The number of nitrogens with zero attached hydrogens (tertiary/aromatic N) is 4. The summed E-state index contributed by atoms with van der Waals surface area (Å²) in [6, 6.07) is 9.92. The third kappa shape index (κ3) is 2.53. The monoisotopic (exact) mass is 312 g/mol. The first-order chi connectivity index (χ1) is 10.6. The molecule has 2 aromatic heterocycles. The molecule has 0 spiro atoms. The van der Waals surface area contributed by atoms with Crippen LogP contribution in [0.25, 0.3) is 21.3 Å². The third-order valence-electron chi connectivity index (χ3n) is 3.24. The van der Waals surface area contributed by atoms with Crippen molar-refractivity contribution in [2.45, 2.75) is 6.92 Å². The second-order valence-corrected chi connectivity index (χ2v) is 6.37. The SMILES string of the molecule is Cc1sc2ncn(/N=C/N(C)C)c(=O)c2c1-c1ccccc1. The maximum Gasteiger partial charge on any atom is 0.283 e. The molecule has 22 heavy (non-hydrogen) atoms. The minimum atomic E-state index is -0.147. The van der Waals surface area contributed by atoms with E-state index in [1.54, 1.807) is 11.2 Å². The molecule has 0 saturated heterocycles. The smallest absolute Gasteiger partial charge is 0.283 e. The van der Waals surface area contributed by atoms with Gasteiger partial charge in [-0.15, -0.1) is 11.3 Å². The van der Waals surface area contributed by atoms with Crippen molar-refractivity contribution in [2.75, 3.05) is 14.1 Å². The van der Waals surface area contributed by atoms with Gasteiger partial charge in [0.25, 0.3) is 5.56 Å². The largest absolute Gasteiger partial charge is 0.367 e. The van der Waals surface area contributed by atoms with Crippen LogP contribution >= 0.6 is 11.3 Å². The minimum absolute atomic E-state index is 0.147. The average molecular weight is 312 g/mol. The van der Waals surface area contributed by atoms with Crippen LogP contribution in [0.1, 0.15) is 4.88 Å². The summed E-state index contributed by atoms with van der Waals surface area (Å²) in [5.74, 6) is 0. The molecule has 0 amide bonds. The highest BCUT2D eigenvalue weighted by Gasteiger charge is 2.16. The molecule has 0 radical (unpaired) electrons. The Morgan fingerprint density at radius 2 is 2.00 bits per heavy atom. The van der Waals surface area contributed by atoms with Crippen LogP contribution < -0.4 is 5.56 Å². The zero-order valence-corrected chi connectivity index (χ0v) is 13.5. The Labute approximate surface area is 132 Å². The first-order valence-electron chi connectivity index (χ1n) is 6.85. The number of fused-ring (bicyclic) bond motifs is 1. The van der Waals surface area contributed by atoms with Crippen molar-refractivity contribution in [3.05, 3.63) is 51.9 Å². The molecule has 0 N–H and O–H groups in total. The van der Waals surface area contributed by atoms with Crippen molar-refractivity contribution >= 4 is 27.9 Å². The lowest BCUT2D eigenvalue weighted by Crippen LogP contribution is -2.19. The fraction of sp³-hybridized carbons (Fsp3) is 0.188.